The first-order valence-electron chi connectivity index (χ1n) is 8.01. The third kappa shape index (κ3) is 3.00. The summed E-state index contributed by atoms with van der Waals surface area (Å²) in [6.45, 7) is 0. The molecule has 2 aromatic carbocycles. The van der Waals surface area contributed by atoms with Gasteiger partial charge in [0.05, 0.1) is 23.2 Å². The van der Waals surface area contributed by atoms with E-state index < -0.39 is 0 Å². The summed E-state index contributed by atoms with van der Waals surface area (Å²) in [5.74, 6) is -0.182. The first-order chi connectivity index (χ1) is 12.6. The average molecular weight is 363 g/mol. The molecule has 4 N–H and O–H groups in total. The number of halogens is 1. The Morgan fingerprint density at radius 2 is 1.88 bits per heavy atom. The Bertz CT molecular complexity index is 1010. The molecule has 3 aromatic rings. The van der Waals surface area contributed by atoms with E-state index in [-0.39, 0.29) is 5.91 Å². The van der Waals surface area contributed by atoms with Crippen molar-refractivity contribution < 1.29 is 4.79 Å². The monoisotopic (exact) mass is 362 g/mol. The van der Waals surface area contributed by atoms with Crippen LogP contribution in [-0.4, -0.2) is 10.9 Å². The van der Waals surface area contributed by atoms with Gasteiger partial charge in [-0.3, -0.25) is 4.79 Å². The maximum Gasteiger partial charge on any atom is 0.258 e. The minimum Gasteiger partial charge on any atom is -0.399 e. The van der Waals surface area contributed by atoms with E-state index in [0.29, 0.717) is 22.1 Å². The van der Waals surface area contributed by atoms with Gasteiger partial charge in [-0.05, 0) is 35.9 Å². The number of anilines is 3. The molecule has 1 aliphatic rings. The Morgan fingerprint density at radius 3 is 2.62 bits per heavy atom. The number of aromatic nitrogens is 1. The summed E-state index contributed by atoms with van der Waals surface area (Å²) in [6.07, 6.45) is 1.62. The van der Waals surface area contributed by atoms with Crippen LogP contribution in [0.15, 0.2) is 66.9 Å². The summed E-state index contributed by atoms with van der Waals surface area (Å²) in [7, 11) is 0. The highest BCUT2D eigenvalue weighted by atomic mass is 35.5. The molecule has 6 heteroatoms. The Morgan fingerprint density at radius 1 is 1.08 bits per heavy atom. The number of benzene rings is 2. The van der Waals surface area contributed by atoms with Crippen LogP contribution in [0.2, 0.25) is 5.15 Å². The minimum absolute atomic E-state index is 0.182. The molecule has 0 radical (unpaired) electrons. The van der Waals surface area contributed by atoms with E-state index >= 15 is 0 Å². The Labute approximate surface area is 155 Å². The standard InChI is InChI=1S/C20H15ClN4O/c21-17-9-7-14(11-23-17)24-19(12-4-2-1-3-5-12)18-15-10-13(22)6-8-16(15)25-20(18)26/h1-11,24H,22H2,(H,25,26)/b19-18-. The first-order valence-corrected chi connectivity index (χ1v) is 8.39. The van der Waals surface area contributed by atoms with Gasteiger partial charge in [-0.2, -0.15) is 0 Å². The van der Waals surface area contributed by atoms with Gasteiger partial charge in [-0.25, -0.2) is 4.98 Å². The SMILES string of the molecule is Nc1ccc2c(c1)/C(=C(/Nc1ccc(Cl)nc1)c1ccccc1)C(=O)N2. The van der Waals surface area contributed by atoms with Gasteiger partial charge in [-0.1, -0.05) is 41.9 Å². The van der Waals surface area contributed by atoms with Crippen LogP contribution < -0.4 is 16.4 Å². The number of fused-ring (bicyclic) bond motifs is 1. The molecular formula is C20H15ClN4O. The van der Waals surface area contributed by atoms with Crippen LogP contribution in [0.5, 0.6) is 0 Å². The molecular weight excluding hydrogens is 348 g/mol. The van der Waals surface area contributed by atoms with E-state index in [1.807, 2.05) is 42.5 Å². The van der Waals surface area contributed by atoms with Crippen molar-refractivity contribution >= 4 is 45.8 Å². The number of hydrogen-bond acceptors (Lipinski definition) is 4. The largest absolute Gasteiger partial charge is 0.399 e. The van der Waals surface area contributed by atoms with Crippen LogP contribution in [0.25, 0.3) is 11.3 Å². The number of nitrogens with zero attached hydrogens (tertiary/aromatic N) is 1. The smallest absolute Gasteiger partial charge is 0.258 e. The summed E-state index contributed by atoms with van der Waals surface area (Å²) in [4.78, 5) is 16.8. The molecule has 4 rings (SSSR count). The Hall–Kier alpha value is -3.31. The molecule has 5 nitrogen and oxygen atoms in total. The molecule has 128 valence electrons. The molecule has 0 unspecified atom stereocenters. The van der Waals surface area contributed by atoms with E-state index in [0.717, 1.165) is 22.5 Å². The average Bonchev–Trinajstić information content (AvgIpc) is 2.97. The number of pyridine rings is 1. The number of carbonyl (C=O) groups excluding carboxylic acids is 1. The van der Waals surface area contributed by atoms with Crippen LogP contribution in [0.3, 0.4) is 0 Å². The van der Waals surface area contributed by atoms with Gasteiger partial charge in [-0.15, -0.1) is 0 Å². The predicted octanol–water partition coefficient (Wildman–Crippen LogP) is 4.25. The van der Waals surface area contributed by atoms with Crippen LogP contribution in [0.1, 0.15) is 11.1 Å². The maximum atomic E-state index is 12.7. The van der Waals surface area contributed by atoms with Gasteiger partial charge in [0.25, 0.3) is 5.91 Å². The quantitative estimate of drug-likeness (QED) is 0.369. The number of nitrogens with two attached hydrogens (primary N) is 1. The van der Waals surface area contributed by atoms with Crippen molar-refractivity contribution in [3.63, 3.8) is 0 Å². The van der Waals surface area contributed by atoms with Crippen LogP contribution in [0, 0.1) is 0 Å². The summed E-state index contributed by atoms with van der Waals surface area (Å²) in [5, 5.41) is 6.61. The highest BCUT2D eigenvalue weighted by Gasteiger charge is 2.28. The van der Waals surface area contributed by atoms with Gasteiger partial charge >= 0.3 is 0 Å². The van der Waals surface area contributed by atoms with Crippen molar-refractivity contribution in [2.45, 2.75) is 0 Å². The molecule has 1 aromatic heterocycles. The number of nitrogens with one attached hydrogen (secondary N) is 2. The van der Waals surface area contributed by atoms with Crippen molar-refractivity contribution in [1.82, 2.24) is 4.98 Å². The topological polar surface area (TPSA) is 80.0 Å². The highest BCUT2D eigenvalue weighted by Crippen LogP contribution is 2.38. The fourth-order valence-electron chi connectivity index (χ4n) is 2.91. The van der Waals surface area contributed by atoms with Crippen LogP contribution in [-0.2, 0) is 4.79 Å². The fraction of sp³-hybridized carbons (Fsp3) is 0. The lowest BCUT2D eigenvalue weighted by Crippen LogP contribution is -2.10. The molecule has 0 atom stereocenters. The second-order valence-electron chi connectivity index (χ2n) is 5.87. The van der Waals surface area contributed by atoms with Crippen LogP contribution in [0.4, 0.5) is 17.1 Å². The van der Waals surface area contributed by atoms with Crippen molar-refractivity contribution in [2.75, 3.05) is 16.4 Å². The van der Waals surface area contributed by atoms with E-state index in [2.05, 4.69) is 15.6 Å². The zero-order valence-electron chi connectivity index (χ0n) is 13.7. The third-order valence-electron chi connectivity index (χ3n) is 4.10. The van der Waals surface area contributed by atoms with Crippen molar-refractivity contribution in [3.05, 3.63) is 83.1 Å². The zero-order chi connectivity index (χ0) is 18.1. The second kappa shape index (κ2) is 6.54. The van der Waals surface area contributed by atoms with Gasteiger partial charge < -0.3 is 16.4 Å². The van der Waals surface area contributed by atoms with Crippen molar-refractivity contribution in [1.29, 1.82) is 0 Å². The van der Waals surface area contributed by atoms with Crippen molar-refractivity contribution in [3.8, 4) is 0 Å². The lowest BCUT2D eigenvalue weighted by atomic mass is 9.99. The molecule has 0 saturated heterocycles. The molecule has 0 aliphatic carbocycles. The zero-order valence-corrected chi connectivity index (χ0v) is 14.4. The van der Waals surface area contributed by atoms with Gasteiger partial charge in [0.15, 0.2) is 0 Å². The molecule has 1 amide bonds. The number of nitrogen functional groups attached to an aromatic ring is 1. The minimum atomic E-state index is -0.182. The summed E-state index contributed by atoms with van der Waals surface area (Å²) < 4.78 is 0. The number of rotatable bonds is 3. The normalized spacial score (nSPS) is 14.6. The van der Waals surface area contributed by atoms with Crippen LogP contribution >= 0.6 is 11.6 Å². The molecule has 0 saturated carbocycles. The molecule has 1 aliphatic heterocycles. The number of amides is 1. The van der Waals surface area contributed by atoms with Gasteiger partial charge in [0, 0.05) is 16.9 Å². The van der Waals surface area contributed by atoms with Gasteiger partial charge in [0.1, 0.15) is 5.15 Å². The summed E-state index contributed by atoms with van der Waals surface area (Å²) in [6, 6.07) is 18.5. The molecule has 26 heavy (non-hydrogen) atoms. The van der Waals surface area contributed by atoms with E-state index in [1.54, 1.807) is 24.4 Å². The molecule has 0 fully saturated rings. The number of hydrogen-bond donors (Lipinski definition) is 3. The van der Waals surface area contributed by atoms with E-state index in [4.69, 9.17) is 17.3 Å². The van der Waals surface area contributed by atoms with E-state index in [1.165, 1.54) is 0 Å². The van der Waals surface area contributed by atoms with Gasteiger partial charge in [0.2, 0.25) is 0 Å². The Kier molecular flexibility index (Phi) is 4.07. The first kappa shape index (κ1) is 16.2. The maximum absolute atomic E-state index is 12.7. The number of carbonyl (C=O) groups is 1. The lowest BCUT2D eigenvalue weighted by Gasteiger charge is -2.14. The Balaban J connectivity index is 1.91. The summed E-state index contributed by atoms with van der Waals surface area (Å²) >= 11 is 5.87. The van der Waals surface area contributed by atoms with Crippen molar-refractivity contribution in [2.24, 2.45) is 0 Å². The molecule has 0 bridgehead atoms. The summed E-state index contributed by atoms with van der Waals surface area (Å²) in [5.41, 5.74) is 10.9. The second-order valence-corrected chi connectivity index (χ2v) is 6.26. The molecule has 0 spiro atoms. The molecule has 2 heterocycles. The van der Waals surface area contributed by atoms with E-state index in [9.17, 15) is 4.79 Å². The fourth-order valence-corrected chi connectivity index (χ4v) is 3.02. The predicted molar refractivity (Wildman–Crippen MR) is 106 cm³/mol. The lowest BCUT2D eigenvalue weighted by molar-refractivity contribution is -0.110. The highest BCUT2D eigenvalue weighted by molar-refractivity contribution is 6.37. The third-order valence-corrected chi connectivity index (χ3v) is 4.32.